The van der Waals surface area contributed by atoms with Crippen molar-refractivity contribution in [1.82, 2.24) is 18.7 Å². The lowest BCUT2D eigenvalue weighted by Gasteiger charge is -2.14. The van der Waals surface area contributed by atoms with Crippen molar-refractivity contribution in [1.29, 1.82) is 0 Å². The van der Waals surface area contributed by atoms with Crippen molar-refractivity contribution in [3.05, 3.63) is 62.6 Å². The van der Waals surface area contributed by atoms with Crippen LogP contribution >= 0.6 is 0 Å². The van der Waals surface area contributed by atoms with Gasteiger partial charge >= 0.3 is 5.69 Å². The zero-order chi connectivity index (χ0) is 21.1. The fourth-order valence-corrected chi connectivity index (χ4v) is 4.53. The van der Waals surface area contributed by atoms with E-state index in [0.29, 0.717) is 49.7 Å². The molecule has 0 unspecified atom stereocenters. The molecule has 0 N–H and O–H groups in total. The summed E-state index contributed by atoms with van der Waals surface area (Å²) in [7, 11) is 1.61. The number of ether oxygens (including phenoxy) is 1. The van der Waals surface area contributed by atoms with E-state index in [1.165, 1.54) is 17.4 Å². The minimum absolute atomic E-state index is 0.238. The molecule has 4 rings (SSSR count). The van der Waals surface area contributed by atoms with Crippen LogP contribution in [0.25, 0.3) is 11.2 Å². The Balaban J connectivity index is 1.99. The van der Waals surface area contributed by atoms with E-state index in [0.717, 1.165) is 24.2 Å². The second-order valence-corrected chi connectivity index (χ2v) is 8.08. The molecule has 1 aliphatic carbocycles. The first-order valence-corrected chi connectivity index (χ1v) is 10.9. The van der Waals surface area contributed by atoms with Crippen molar-refractivity contribution in [2.24, 2.45) is 0 Å². The molecule has 0 radical (unpaired) electrons. The van der Waals surface area contributed by atoms with E-state index in [1.807, 2.05) is 25.1 Å². The summed E-state index contributed by atoms with van der Waals surface area (Å²) in [6.45, 7) is 3.72. The predicted octanol–water partition coefficient (Wildman–Crippen LogP) is 3.12. The largest absolute Gasteiger partial charge is 0.383 e. The monoisotopic (exact) mass is 410 g/mol. The van der Waals surface area contributed by atoms with Gasteiger partial charge in [-0.1, -0.05) is 50.1 Å². The molecular weight excluding hydrogens is 380 g/mol. The Labute approximate surface area is 175 Å². The van der Waals surface area contributed by atoms with Crippen molar-refractivity contribution >= 4 is 11.2 Å². The third-order valence-corrected chi connectivity index (χ3v) is 6.01. The summed E-state index contributed by atoms with van der Waals surface area (Å²) in [4.78, 5) is 31.5. The minimum atomic E-state index is -0.297. The third kappa shape index (κ3) is 3.74. The number of aromatic nitrogens is 4. The summed E-state index contributed by atoms with van der Waals surface area (Å²) in [5.74, 6) is 1.26. The van der Waals surface area contributed by atoms with Crippen LogP contribution < -0.4 is 11.2 Å². The number of fused-ring (bicyclic) bond motifs is 1. The number of hydrogen-bond acceptors (Lipinski definition) is 4. The Hall–Kier alpha value is -2.67. The van der Waals surface area contributed by atoms with Gasteiger partial charge in [0.1, 0.15) is 5.82 Å². The van der Waals surface area contributed by atoms with Crippen LogP contribution in [0.2, 0.25) is 0 Å². The Morgan fingerprint density at radius 1 is 1.03 bits per heavy atom. The average molecular weight is 411 g/mol. The van der Waals surface area contributed by atoms with Gasteiger partial charge in [-0.25, -0.2) is 9.78 Å². The maximum Gasteiger partial charge on any atom is 0.332 e. The van der Waals surface area contributed by atoms with Crippen LogP contribution in [-0.4, -0.2) is 32.4 Å². The quantitative estimate of drug-likeness (QED) is 0.572. The highest BCUT2D eigenvalue weighted by Gasteiger charge is 2.27. The van der Waals surface area contributed by atoms with Crippen LogP contribution in [0.5, 0.6) is 0 Å². The smallest absolute Gasteiger partial charge is 0.332 e. The highest BCUT2D eigenvalue weighted by atomic mass is 16.5. The summed E-state index contributed by atoms with van der Waals surface area (Å²) in [6.07, 6.45) is 5.21. The average Bonchev–Trinajstić information content (AvgIpc) is 3.40. The van der Waals surface area contributed by atoms with Crippen molar-refractivity contribution < 1.29 is 4.74 Å². The van der Waals surface area contributed by atoms with Crippen molar-refractivity contribution in [3.63, 3.8) is 0 Å². The van der Waals surface area contributed by atoms with E-state index in [2.05, 4.69) is 16.7 Å². The fraction of sp³-hybridized carbons (Fsp3) is 0.522. The molecule has 1 saturated carbocycles. The molecule has 7 heteroatoms. The summed E-state index contributed by atoms with van der Waals surface area (Å²) < 4.78 is 10.3. The molecule has 0 bridgehead atoms. The second-order valence-electron chi connectivity index (χ2n) is 8.08. The van der Waals surface area contributed by atoms with Crippen LogP contribution in [0.3, 0.4) is 0 Å². The number of nitrogens with zero attached hydrogens (tertiary/aromatic N) is 4. The van der Waals surface area contributed by atoms with Gasteiger partial charge in [0.2, 0.25) is 0 Å². The predicted molar refractivity (Wildman–Crippen MR) is 117 cm³/mol. The van der Waals surface area contributed by atoms with Crippen LogP contribution in [-0.2, 0) is 24.4 Å². The lowest BCUT2D eigenvalue weighted by molar-refractivity contribution is 0.186. The van der Waals surface area contributed by atoms with Gasteiger partial charge in [0.05, 0.1) is 13.2 Å². The number of hydrogen-bond donors (Lipinski definition) is 0. The maximum absolute atomic E-state index is 13.5. The van der Waals surface area contributed by atoms with Crippen LogP contribution in [0, 0.1) is 0 Å². The third-order valence-electron chi connectivity index (χ3n) is 6.01. The molecule has 1 aromatic carbocycles. The number of imidazole rings is 1. The van der Waals surface area contributed by atoms with E-state index in [-0.39, 0.29) is 11.2 Å². The molecule has 0 spiro atoms. The number of rotatable bonds is 8. The molecule has 160 valence electrons. The van der Waals surface area contributed by atoms with Gasteiger partial charge in [0.25, 0.3) is 5.56 Å². The summed E-state index contributed by atoms with van der Waals surface area (Å²) >= 11 is 0. The van der Waals surface area contributed by atoms with Crippen molar-refractivity contribution in [2.45, 2.75) is 64.6 Å². The summed E-state index contributed by atoms with van der Waals surface area (Å²) in [5, 5.41) is 0. The number of benzene rings is 1. The first kappa shape index (κ1) is 20.6. The van der Waals surface area contributed by atoms with Crippen LogP contribution in [0.15, 0.2) is 39.9 Å². The molecule has 0 atom stereocenters. The molecule has 2 aromatic heterocycles. The molecule has 0 saturated heterocycles. The Kier molecular flexibility index (Phi) is 6.18. The molecule has 2 heterocycles. The lowest BCUT2D eigenvalue weighted by Crippen LogP contribution is -2.41. The molecule has 7 nitrogen and oxygen atoms in total. The van der Waals surface area contributed by atoms with E-state index in [1.54, 1.807) is 11.7 Å². The van der Waals surface area contributed by atoms with Crippen molar-refractivity contribution in [3.8, 4) is 0 Å². The summed E-state index contributed by atoms with van der Waals surface area (Å²) in [5.41, 5.74) is 1.61. The molecule has 30 heavy (non-hydrogen) atoms. The molecule has 3 aromatic rings. The Morgan fingerprint density at radius 2 is 1.77 bits per heavy atom. The fourth-order valence-electron chi connectivity index (χ4n) is 4.53. The lowest BCUT2D eigenvalue weighted by atomic mass is 10.1. The zero-order valence-electron chi connectivity index (χ0n) is 17.8. The molecule has 0 amide bonds. The second kappa shape index (κ2) is 9.00. The van der Waals surface area contributed by atoms with E-state index in [4.69, 9.17) is 9.72 Å². The first-order valence-electron chi connectivity index (χ1n) is 10.9. The first-order chi connectivity index (χ1) is 14.7. The van der Waals surface area contributed by atoms with E-state index < -0.39 is 0 Å². The van der Waals surface area contributed by atoms with Gasteiger partial charge in [-0.05, 0) is 24.8 Å². The highest BCUT2D eigenvalue weighted by Crippen LogP contribution is 2.35. The molecular formula is C23H30N4O3. The zero-order valence-corrected chi connectivity index (χ0v) is 17.8. The van der Waals surface area contributed by atoms with Crippen molar-refractivity contribution in [2.75, 3.05) is 13.7 Å². The van der Waals surface area contributed by atoms with Crippen LogP contribution in [0.4, 0.5) is 0 Å². The van der Waals surface area contributed by atoms with Gasteiger partial charge in [-0.2, -0.15) is 0 Å². The minimum Gasteiger partial charge on any atom is -0.383 e. The Morgan fingerprint density at radius 3 is 2.43 bits per heavy atom. The standard InChI is InChI=1S/C23H30N4O3/c1-3-13-26-22(28)19-21(25(23(26)29)14-15-30-2)24-20(18-11-7-8-12-18)27(19)16-17-9-5-4-6-10-17/h4-6,9-10,18H,3,7-8,11-16H2,1-2H3. The SMILES string of the molecule is CCCn1c(=O)c2c(nc(C3CCCC3)n2Cc2ccccc2)n(CCOC)c1=O. The highest BCUT2D eigenvalue weighted by molar-refractivity contribution is 5.71. The maximum atomic E-state index is 13.5. The van der Waals surface area contributed by atoms with Gasteiger partial charge in [0.15, 0.2) is 11.2 Å². The van der Waals surface area contributed by atoms with Gasteiger partial charge < -0.3 is 9.30 Å². The summed E-state index contributed by atoms with van der Waals surface area (Å²) in [6, 6.07) is 10.1. The number of methoxy groups -OCH3 is 1. The van der Waals surface area contributed by atoms with Crippen LogP contribution in [0.1, 0.15) is 56.3 Å². The van der Waals surface area contributed by atoms with E-state index in [9.17, 15) is 9.59 Å². The topological polar surface area (TPSA) is 71.1 Å². The normalized spacial score (nSPS) is 14.7. The molecule has 1 aliphatic rings. The Bertz CT molecular complexity index is 1120. The van der Waals surface area contributed by atoms with Gasteiger partial charge in [0, 0.05) is 26.1 Å². The van der Waals surface area contributed by atoms with Gasteiger partial charge in [-0.3, -0.25) is 13.9 Å². The van der Waals surface area contributed by atoms with E-state index >= 15 is 0 Å². The molecule has 0 aliphatic heterocycles. The van der Waals surface area contributed by atoms with Gasteiger partial charge in [-0.15, -0.1) is 0 Å². The molecule has 1 fully saturated rings.